The lowest BCUT2D eigenvalue weighted by atomic mass is 10.0. The summed E-state index contributed by atoms with van der Waals surface area (Å²) in [6.07, 6.45) is 0. The maximum atomic E-state index is 2.56. The quantitative estimate of drug-likeness (QED) is 0.114. The zero-order chi connectivity index (χ0) is 37.8. The lowest BCUT2D eigenvalue weighted by molar-refractivity contribution is 1.13. The van der Waals surface area contributed by atoms with Gasteiger partial charge in [-0.15, -0.1) is 0 Å². The minimum atomic E-state index is -2.89. The van der Waals surface area contributed by atoms with Crippen LogP contribution in [0.3, 0.4) is 0 Å². The fourth-order valence-electron chi connectivity index (χ4n) is 9.51. The van der Waals surface area contributed by atoms with E-state index in [0.717, 1.165) is 11.4 Å². The topological polar surface area (TPSA) is 9.86 Å². The lowest BCUT2D eigenvalue weighted by Gasteiger charge is -2.35. The van der Waals surface area contributed by atoms with Gasteiger partial charge >= 0.3 is 0 Å². The first-order chi connectivity index (χ1) is 28.3. The second-order valence-corrected chi connectivity index (χ2v) is 18.6. The van der Waals surface area contributed by atoms with Gasteiger partial charge < -0.3 is 9.13 Å². The molecule has 0 radical (unpaired) electrons. The molecule has 11 rings (SSSR count). The Balaban J connectivity index is 1.34. The molecule has 0 N–H and O–H groups in total. The molecule has 0 spiro atoms. The number of hydrogen-bond donors (Lipinski definition) is 0. The van der Waals surface area contributed by atoms with Crippen LogP contribution in [0.5, 0.6) is 0 Å². The third-order valence-corrected chi connectivity index (χ3v) is 16.7. The molecule has 0 saturated carbocycles. The second-order valence-electron chi connectivity index (χ2n) is 14.8. The van der Waals surface area contributed by atoms with E-state index in [-0.39, 0.29) is 0 Å². The van der Waals surface area contributed by atoms with Gasteiger partial charge in [-0.05, 0) is 74.3 Å². The molecule has 0 unspecified atom stereocenters. The van der Waals surface area contributed by atoms with Gasteiger partial charge in [0.2, 0.25) is 0 Å². The van der Waals surface area contributed by atoms with Gasteiger partial charge in [-0.1, -0.05) is 188 Å². The number of para-hydroxylation sites is 3. The second kappa shape index (κ2) is 13.5. The first kappa shape index (κ1) is 33.2. The maximum absolute atomic E-state index is 2.89. The fraction of sp³-hybridized carbons (Fsp3) is 0. The van der Waals surface area contributed by atoms with Crippen molar-refractivity contribution in [1.82, 2.24) is 9.13 Å². The Hall–Kier alpha value is -7.20. The van der Waals surface area contributed by atoms with E-state index in [2.05, 4.69) is 240 Å². The van der Waals surface area contributed by atoms with Gasteiger partial charge in [0.1, 0.15) is 0 Å². The number of aromatic nitrogens is 2. The van der Waals surface area contributed by atoms with Gasteiger partial charge in [0.25, 0.3) is 0 Å². The molecule has 2 heterocycles. The average molecular weight is 743 g/mol. The molecule has 57 heavy (non-hydrogen) atoms. The largest absolute Gasteiger partial charge is 0.307 e. The summed E-state index contributed by atoms with van der Waals surface area (Å²) in [5, 5.41) is 10.5. The normalized spacial score (nSPS) is 11.9. The van der Waals surface area contributed by atoms with E-state index in [1.807, 2.05) is 0 Å². The molecule has 0 aliphatic carbocycles. The van der Waals surface area contributed by atoms with Gasteiger partial charge in [0.15, 0.2) is 8.07 Å². The monoisotopic (exact) mass is 742 g/mol. The highest BCUT2D eigenvalue weighted by molar-refractivity contribution is 7.20. The van der Waals surface area contributed by atoms with Crippen molar-refractivity contribution < 1.29 is 0 Å². The lowest BCUT2D eigenvalue weighted by Crippen LogP contribution is -2.74. The van der Waals surface area contributed by atoms with Gasteiger partial charge in [-0.2, -0.15) is 0 Å². The SMILES string of the molecule is c1ccc(-c2cc(-n3c4ccccc4c4c([Si](c5ccccc5)(c5ccccc5)c5ccccc5)cccc43)c3c(c2)c2ccccc2n3-c2ccccc2)cc1. The minimum absolute atomic E-state index is 1.14. The Bertz CT molecular complexity index is 3110. The molecule has 0 aliphatic rings. The Morgan fingerprint density at radius 3 is 1.39 bits per heavy atom. The van der Waals surface area contributed by atoms with Crippen molar-refractivity contribution in [3.05, 3.63) is 231 Å². The third-order valence-electron chi connectivity index (χ3n) is 11.8. The summed E-state index contributed by atoms with van der Waals surface area (Å²) in [6.45, 7) is 0. The van der Waals surface area contributed by atoms with E-state index in [1.165, 1.54) is 75.5 Å². The summed E-state index contributed by atoms with van der Waals surface area (Å²) in [5.74, 6) is 0. The zero-order valence-electron chi connectivity index (χ0n) is 31.3. The molecular formula is C54H38N2Si. The fourth-order valence-corrected chi connectivity index (χ4v) is 14.5. The maximum Gasteiger partial charge on any atom is 0.180 e. The molecule has 0 amide bonds. The van der Waals surface area contributed by atoms with Crippen LogP contribution in [0.15, 0.2) is 231 Å². The summed E-state index contributed by atoms with van der Waals surface area (Å²) in [6, 6.07) is 85.3. The number of fused-ring (bicyclic) bond motifs is 6. The molecule has 0 bridgehead atoms. The van der Waals surface area contributed by atoms with Crippen molar-refractivity contribution in [1.29, 1.82) is 0 Å². The Morgan fingerprint density at radius 1 is 0.316 bits per heavy atom. The Kier molecular flexibility index (Phi) is 7.87. The molecule has 2 aromatic heterocycles. The smallest absolute Gasteiger partial charge is 0.180 e. The van der Waals surface area contributed by atoms with E-state index in [1.54, 1.807) is 0 Å². The molecule has 0 aliphatic heterocycles. The van der Waals surface area contributed by atoms with Crippen molar-refractivity contribution in [2.45, 2.75) is 0 Å². The number of hydrogen-bond acceptors (Lipinski definition) is 0. The van der Waals surface area contributed by atoms with Crippen LogP contribution in [0.1, 0.15) is 0 Å². The van der Waals surface area contributed by atoms with Crippen LogP contribution in [-0.4, -0.2) is 17.2 Å². The zero-order valence-corrected chi connectivity index (χ0v) is 32.3. The molecule has 9 aromatic carbocycles. The highest BCUT2D eigenvalue weighted by Crippen LogP contribution is 2.42. The van der Waals surface area contributed by atoms with Crippen molar-refractivity contribution in [2.24, 2.45) is 0 Å². The summed E-state index contributed by atoms with van der Waals surface area (Å²) in [5.41, 5.74) is 9.45. The summed E-state index contributed by atoms with van der Waals surface area (Å²) in [4.78, 5) is 0. The van der Waals surface area contributed by atoms with E-state index in [4.69, 9.17) is 0 Å². The Morgan fingerprint density at radius 2 is 0.789 bits per heavy atom. The van der Waals surface area contributed by atoms with Crippen LogP contribution >= 0.6 is 0 Å². The van der Waals surface area contributed by atoms with Gasteiger partial charge in [0, 0.05) is 27.2 Å². The molecule has 11 aromatic rings. The van der Waals surface area contributed by atoms with Gasteiger partial charge in [-0.25, -0.2) is 0 Å². The summed E-state index contributed by atoms with van der Waals surface area (Å²) >= 11 is 0. The van der Waals surface area contributed by atoms with Crippen LogP contribution < -0.4 is 20.7 Å². The van der Waals surface area contributed by atoms with Crippen LogP contribution in [0, 0.1) is 0 Å². The summed E-state index contributed by atoms with van der Waals surface area (Å²) < 4.78 is 5.03. The first-order valence-electron chi connectivity index (χ1n) is 19.7. The van der Waals surface area contributed by atoms with Crippen molar-refractivity contribution in [2.75, 3.05) is 0 Å². The van der Waals surface area contributed by atoms with Crippen LogP contribution in [0.2, 0.25) is 0 Å². The average Bonchev–Trinajstić information content (AvgIpc) is 3.82. The summed E-state index contributed by atoms with van der Waals surface area (Å²) in [7, 11) is -2.89. The standard InChI is InChI=1S/C54H38N2Si/c1-6-21-39(22-7-1)40-37-47-45-31-16-18-33-48(45)55(41-23-8-2-9-24-41)54(47)51(38-40)56-49-34-19-17-32-46(49)53-50(56)35-20-36-52(53)57(42-25-10-3-11-26-42,43-27-12-4-13-28-43)44-29-14-5-15-30-44/h1-38H. The number of rotatable bonds is 7. The van der Waals surface area contributed by atoms with E-state index in [0.29, 0.717) is 0 Å². The first-order valence-corrected chi connectivity index (χ1v) is 21.7. The van der Waals surface area contributed by atoms with Crippen LogP contribution in [-0.2, 0) is 0 Å². The van der Waals surface area contributed by atoms with Gasteiger partial charge in [0.05, 0.1) is 27.8 Å². The van der Waals surface area contributed by atoms with Crippen molar-refractivity contribution in [3.8, 4) is 22.5 Å². The molecular weight excluding hydrogens is 705 g/mol. The van der Waals surface area contributed by atoms with E-state index < -0.39 is 8.07 Å². The highest BCUT2D eigenvalue weighted by Gasteiger charge is 2.43. The van der Waals surface area contributed by atoms with E-state index in [9.17, 15) is 0 Å². The molecule has 0 atom stereocenters. The van der Waals surface area contributed by atoms with Crippen molar-refractivity contribution in [3.63, 3.8) is 0 Å². The molecule has 0 fully saturated rings. The highest BCUT2D eigenvalue weighted by atomic mass is 28.3. The molecule has 2 nitrogen and oxygen atoms in total. The van der Waals surface area contributed by atoms with Gasteiger partial charge in [-0.3, -0.25) is 0 Å². The number of nitrogens with zero attached hydrogens (tertiary/aromatic N) is 2. The molecule has 268 valence electrons. The third kappa shape index (κ3) is 5.10. The predicted octanol–water partition coefficient (Wildman–Crippen LogP) is 10.9. The number of benzene rings is 9. The minimum Gasteiger partial charge on any atom is -0.307 e. The van der Waals surface area contributed by atoms with Crippen molar-refractivity contribution >= 4 is 72.4 Å². The molecule has 3 heteroatoms. The molecule has 0 saturated heterocycles. The van der Waals surface area contributed by atoms with Crippen LogP contribution in [0.25, 0.3) is 66.1 Å². The van der Waals surface area contributed by atoms with E-state index >= 15 is 0 Å². The Labute approximate surface area is 333 Å². The van der Waals surface area contributed by atoms with Crippen LogP contribution in [0.4, 0.5) is 0 Å². The predicted molar refractivity (Wildman–Crippen MR) is 244 cm³/mol.